The number of hydrogen-bond acceptors (Lipinski definition) is 2. The highest BCUT2D eigenvalue weighted by Gasteiger charge is 2.41. The monoisotopic (exact) mass is 856 g/mol. The molecule has 0 saturated carbocycles. The highest BCUT2D eigenvalue weighted by atomic mass is 19.4. The first-order chi connectivity index (χ1) is 30.7. The summed E-state index contributed by atoms with van der Waals surface area (Å²) in [4.78, 5) is 31.4. The van der Waals surface area contributed by atoms with Gasteiger partial charge < -0.3 is 4.57 Å². The van der Waals surface area contributed by atoms with Gasteiger partial charge >= 0.3 is 12.4 Å². The number of amides is 2. The number of aryl methyl sites for hydroxylation is 2. The van der Waals surface area contributed by atoms with Crippen molar-refractivity contribution in [3.05, 3.63) is 203 Å². The van der Waals surface area contributed by atoms with Crippen molar-refractivity contribution in [2.75, 3.05) is 4.90 Å². The van der Waals surface area contributed by atoms with Gasteiger partial charge in [0.05, 0.1) is 44.7 Å². The maximum atomic E-state index is 15.4. The van der Waals surface area contributed by atoms with E-state index in [0.29, 0.717) is 55.3 Å². The van der Waals surface area contributed by atoms with E-state index in [-0.39, 0.29) is 27.9 Å². The second-order valence-electron chi connectivity index (χ2n) is 16.0. The average molecular weight is 857 g/mol. The van der Waals surface area contributed by atoms with E-state index in [9.17, 15) is 31.1 Å². The lowest BCUT2D eigenvalue weighted by Gasteiger charge is -2.20. The highest BCUT2D eigenvalue weighted by Crippen LogP contribution is 2.47. The van der Waals surface area contributed by atoms with Crippen molar-refractivity contribution < 1.29 is 35.9 Å². The number of benzene rings is 8. The normalized spacial score (nSPS) is 13.0. The molecule has 314 valence electrons. The van der Waals surface area contributed by atoms with E-state index in [2.05, 4.69) is 0 Å². The second kappa shape index (κ2) is 15.0. The molecule has 0 unspecified atom stereocenters. The van der Waals surface area contributed by atoms with E-state index >= 15 is 4.79 Å². The van der Waals surface area contributed by atoms with Crippen LogP contribution >= 0.6 is 0 Å². The standard InChI is InChI=1S/C54H34F6N2O2/c1-31-24-36(28-38(26-31)53(55,56)57)41-16-9-18-43-44-19-10-17-42(37-25-32(2)27-39(29-37)54(58,59)60)50(44)61(49(41)43)46-21-11-20-45-48(46)52(64)62(51(45)63)47-30-35(33-12-5-3-6-13-33)22-23-40(47)34-14-7-4-8-15-34/h3-30H,1-2H3. The van der Waals surface area contributed by atoms with Gasteiger partial charge in [-0.1, -0.05) is 127 Å². The Morgan fingerprint density at radius 1 is 0.391 bits per heavy atom. The summed E-state index contributed by atoms with van der Waals surface area (Å²) in [5, 5.41) is 1.14. The van der Waals surface area contributed by atoms with Crippen molar-refractivity contribution in [2.24, 2.45) is 0 Å². The number of hydrogen-bond donors (Lipinski definition) is 0. The molecule has 1 aromatic heterocycles. The Bertz CT molecular complexity index is 3250. The molecule has 0 spiro atoms. The summed E-state index contributed by atoms with van der Waals surface area (Å²) in [5.74, 6) is -1.24. The molecule has 0 N–H and O–H groups in total. The first-order valence-electron chi connectivity index (χ1n) is 20.4. The summed E-state index contributed by atoms with van der Waals surface area (Å²) in [7, 11) is 0. The van der Waals surface area contributed by atoms with E-state index < -0.39 is 35.3 Å². The van der Waals surface area contributed by atoms with Gasteiger partial charge in [-0.2, -0.15) is 26.3 Å². The number of alkyl halides is 6. The smallest absolute Gasteiger partial charge is 0.307 e. The lowest BCUT2D eigenvalue weighted by atomic mass is 9.96. The van der Waals surface area contributed by atoms with Crippen molar-refractivity contribution in [1.29, 1.82) is 0 Å². The van der Waals surface area contributed by atoms with Gasteiger partial charge in [-0.05, 0) is 95.3 Å². The van der Waals surface area contributed by atoms with Crippen LogP contribution in [-0.4, -0.2) is 16.4 Å². The first-order valence-corrected chi connectivity index (χ1v) is 20.4. The number of imide groups is 1. The number of rotatable bonds is 6. The minimum atomic E-state index is -4.66. The van der Waals surface area contributed by atoms with Crippen LogP contribution in [0.3, 0.4) is 0 Å². The fourth-order valence-corrected chi connectivity index (χ4v) is 9.09. The molecule has 4 nitrogen and oxygen atoms in total. The molecule has 8 aromatic carbocycles. The molecular formula is C54H34F6N2O2. The fraction of sp³-hybridized carbons (Fsp3) is 0.0741. The zero-order valence-electron chi connectivity index (χ0n) is 34.1. The first kappa shape index (κ1) is 40.4. The second-order valence-corrected chi connectivity index (χ2v) is 16.0. The van der Waals surface area contributed by atoms with Gasteiger partial charge in [0.25, 0.3) is 11.8 Å². The van der Waals surface area contributed by atoms with Crippen LogP contribution in [0.4, 0.5) is 32.0 Å². The minimum absolute atomic E-state index is 0.0282. The molecule has 10 rings (SSSR count). The van der Waals surface area contributed by atoms with Crippen molar-refractivity contribution in [3.63, 3.8) is 0 Å². The van der Waals surface area contributed by atoms with Gasteiger partial charge in [0.1, 0.15) is 0 Å². The molecule has 10 heteroatoms. The van der Waals surface area contributed by atoms with Crippen molar-refractivity contribution in [1.82, 2.24) is 4.57 Å². The molecule has 64 heavy (non-hydrogen) atoms. The van der Waals surface area contributed by atoms with Crippen LogP contribution in [0, 0.1) is 13.8 Å². The van der Waals surface area contributed by atoms with E-state index in [0.717, 1.165) is 45.9 Å². The fourth-order valence-electron chi connectivity index (χ4n) is 9.09. The van der Waals surface area contributed by atoms with Gasteiger partial charge in [0.2, 0.25) is 0 Å². The van der Waals surface area contributed by atoms with Crippen molar-refractivity contribution >= 4 is 39.3 Å². The molecule has 2 heterocycles. The highest BCUT2D eigenvalue weighted by molar-refractivity contribution is 6.37. The maximum Gasteiger partial charge on any atom is 0.416 e. The number of halogens is 6. The summed E-state index contributed by atoms with van der Waals surface area (Å²) in [5.41, 5.74) is 4.71. The predicted molar refractivity (Wildman–Crippen MR) is 240 cm³/mol. The third kappa shape index (κ3) is 6.73. The summed E-state index contributed by atoms with van der Waals surface area (Å²) >= 11 is 0. The van der Waals surface area contributed by atoms with Crippen LogP contribution in [0.15, 0.2) is 170 Å². The number of aromatic nitrogens is 1. The summed E-state index contributed by atoms with van der Waals surface area (Å²) in [6.07, 6.45) is -9.33. The maximum absolute atomic E-state index is 15.4. The molecule has 1 aliphatic heterocycles. The van der Waals surface area contributed by atoms with E-state index in [1.54, 1.807) is 85.1 Å². The lowest BCUT2D eigenvalue weighted by molar-refractivity contribution is -0.138. The molecule has 9 aromatic rings. The van der Waals surface area contributed by atoms with Gasteiger partial charge in [0, 0.05) is 27.5 Å². The topological polar surface area (TPSA) is 42.3 Å². The number of para-hydroxylation sites is 2. The predicted octanol–water partition coefficient (Wildman–Crippen LogP) is 14.9. The summed E-state index contributed by atoms with van der Waals surface area (Å²) in [6.45, 7) is 3.14. The number of fused-ring (bicyclic) bond motifs is 4. The number of nitrogens with zero attached hydrogens (tertiary/aromatic N) is 2. The molecule has 0 fully saturated rings. The molecule has 0 aliphatic carbocycles. The van der Waals surface area contributed by atoms with Gasteiger partial charge in [-0.25, -0.2) is 4.90 Å². The zero-order chi connectivity index (χ0) is 44.7. The molecule has 2 amide bonds. The largest absolute Gasteiger partial charge is 0.416 e. The summed E-state index contributed by atoms with van der Waals surface area (Å²) in [6, 6.07) is 47.3. The van der Waals surface area contributed by atoms with Gasteiger partial charge in [0.15, 0.2) is 0 Å². The lowest BCUT2D eigenvalue weighted by Crippen LogP contribution is -2.30. The molecule has 0 atom stereocenters. The Hall–Kier alpha value is -7.72. The number of carbonyl (C=O) groups excluding carboxylic acids is 2. The Morgan fingerprint density at radius 2 is 0.891 bits per heavy atom. The Labute approximate surface area is 363 Å². The van der Waals surface area contributed by atoms with Crippen molar-refractivity contribution in [3.8, 4) is 50.2 Å². The minimum Gasteiger partial charge on any atom is -0.307 e. The molecule has 0 bridgehead atoms. The molecule has 0 saturated heterocycles. The van der Waals surface area contributed by atoms with Crippen LogP contribution in [0.2, 0.25) is 0 Å². The Morgan fingerprint density at radius 3 is 1.42 bits per heavy atom. The van der Waals surface area contributed by atoms with Crippen LogP contribution in [-0.2, 0) is 12.4 Å². The number of anilines is 1. The molecule has 1 aliphatic rings. The quantitative estimate of drug-likeness (QED) is 0.123. The van der Waals surface area contributed by atoms with E-state index in [4.69, 9.17) is 0 Å². The van der Waals surface area contributed by atoms with Gasteiger partial charge in [-0.15, -0.1) is 0 Å². The molecular weight excluding hydrogens is 823 g/mol. The Balaban J connectivity index is 1.28. The third-order valence-corrected chi connectivity index (χ3v) is 11.8. The summed E-state index contributed by atoms with van der Waals surface area (Å²) < 4.78 is 88.0. The van der Waals surface area contributed by atoms with Gasteiger partial charge in [-0.3, -0.25) is 9.59 Å². The third-order valence-electron chi connectivity index (χ3n) is 11.8. The van der Waals surface area contributed by atoms with E-state index in [1.165, 1.54) is 0 Å². The van der Waals surface area contributed by atoms with Crippen molar-refractivity contribution in [2.45, 2.75) is 26.2 Å². The SMILES string of the molecule is Cc1cc(-c2cccc3c4cccc(-c5cc(C)cc(C(F)(F)F)c5)c4n(-c4cccc5c4C(=O)N(c4cc(-c6ccccc6)ccc4-c4ccccc4)C5=O)c23)cc(C(F)(F)F)c1. The van der Waals surface area contributed by atoms with Crippen LogP contribution < -0.4 is 4.90 Å². The van der Waals surface area contributed by atoms with E-state index in [1.807, 2.05) is 78.9 Å². The van der Waals surface area contributed by atoms with Crippen LogP contribution in [0.5, 0.6) is 0 Å². The van der Waals surface area contributed by atoms with Crippen LogP contribution in [0.25, 0.3) is 72.0 Å². The molecule has 0 radical (unpaired) electrons. The zero-order valence-corrected chi connectivity index (χ0v) is 34.1. The average Bonchev–Trinajstić information content (AvgIpc) is 3.76. The number of carbonyl (C=O) groups is 2. The Kier molecular flexibility index (Phi) is 9.44. The van der Waals surface area contributed by atoms with Crippen LogP contribution in [0.1, 0.15) is 43.0 Å².